The van der Waals surface area contributed by atoms with Crippen molar-refractivity contribution in [3.8, 4) is 0 Å². The lowest BCUT2D eigenvalue weighted by atomic mass is 10.2. The molecule has 0 radical (unpaired) electrons. The lowest BCUT2D eigenvalue weighted by Gasteiger charge is -2.34. The van der Waals surface area contributed by atoms with Gasteiger partial charge in [0.05, 0.1) is 25.9 Å². The van der Waals surface area contributed by atoms with Gasteiger partial charge in [-0.3, -0.25) is 9.69 Å². The zero-order valence-electron chi connectivity index (χ0n) is 19.4. The second kappa shape index (κ2) is 10.6. The van der Waals surface area contributed by atoms with Gasteiger partial charge in [-0.15, -0.1) is 0 Å². The Morgan fingerprint density at radius 1 is 1.09 bits per heavy atom. The molecule has 1 aromatic heterocycles. The van der Waals surface area contributed by atoms with Crippen LogP contribution in [-0.2, 0) is 14.6 Å². The fourth-order valence-electron chi connectivity index (χ4n) is 3.92. The van der Waals surface area contributed by atoms with Crippen LogP contribution in [0.2, 0.25) is 5.02 Å². The summed E-state index contributed by atoms with van der Waals surface area (Å²) in [4.78, 5) is 21.8. The fourth-order valence-corrected chi connectivity index (χ4v) is 6.53. The molecule has 4 rings (SSSR count). The van der Waals surface area contributed by atoms with Crippen LogP contribution in [0.5, 0.6) is 0 Å². The van der Waals surface area contributed by atoms with Crippen molar-refractivity contribution in [1.82, 2.24) is 15.2 Å². The zero-order valence-corrected chi connectivity index (χ0v) is 21.8. The van der Waals surface area contributed by atoms with Gasteiger partial charge in [0.2, 0.25) is 5.91 Å². The highest BCUT2D eigenvalue weighted by molar-refractivity contribution is 7.91. The summed E-state index contributed by atoms with van der Waals surface area (Å²) in [7, 11) is -3.46. The summed E-state index contributed by atoms with van der Waals surface area (Å²) in [6.07, 6.45) is -0.0381. The first-order chi connectivity index (χ1) is 16.2. The highest BCUT2D eigenvalue weighted by Gasteiger charge is 2.21. The predicted molar refractivity (Wildman–Crippen MR) is 139 cm³/mol. The minimum atomic E-state index is -3.46. The number of aromatic nitrogens is 1. The topological polar surface area (TPSA) is 82.6 Å². The molecule has 0 aliphatic carbocycles. The van der Waals surface area contributed by atoms with E-state index < -0.39 is 9.84 Å². The Morgan fingerprint density at radius 2 is 1.79 bits per heavy atom. The van der Waals surface area contributed by atoms with Crippen molar-refractivity contribution >= 4 is 54.0 Å². The van der Waals surface area contributed by atoms with E-state index in [4.69, 9.17) is 16.6 Å². The van der Waals surface area contributed by atoms with E-state index in [2.05, 4.69) is 15.1 Å². The first-order valence-electron chi connectivity index (χ1n) is 11.3. The number of aryl methyl sites for hydroxylation is 2. The molecule has 2 aromatic carbocycles. The lowest BCUT2D eigenvalue weighted by molar-refractivity contribution is -0.120. The summed E-state index contributed by atoms with van der Waals surface area (Å²) < 4.78 is 25.8. The van der Waals surface area contributed by atoms with Crippen molar-refractivity contribution in [3.63, 3.8) is 0 Å². The Kier molecular flexibility index (Phi) is 7.77. The van der Waals surface area contributed by atoms with Gasteiger partial charge in [-0.1, -0.05) is 46.7 Å². The summed E-state index contributed by atoms with van der Waals surface area (Å²) in [5.74, 6) is -0.428. The summed E-state index contributed by atoms with van der Waals surface area (Å²) in [5, 5.41) is 4.59. The first-order valence-corrected chi connectivity index (χ1v) is 14.2. The molecule has 34 heavy (non-hydrogen) atoms. The van der Waals surface area contributed by atoms with Crippen LogP contribution >= 0.6 is 22.9 Å². The maximum Gasteiger partial charge on any atom is 0.221 e. The largest absolute Gasteiger partial charge is 0.355 e. The van der Waals surface area contributed by atoms with E-state index in [1.807, 2.05) is 26.0 Å². The van der Waals surface area contributed by atoms with Gasteiger partial charge in [0.15, 0.2) is 15.0 Å². The number of hydrogen-bond acceptors (Lipinski definition) is 7. The number of thiazole rings is 1. The molecule has 0 unspecified atom stereocenters. The van der Waals surface area contributed by atoms with E-state index in [1.165, 1.54) is 0 Å². The van der Waals surface area contributed by atoms with Gasteiger partial charge in [0.25, 0.3) is 0 Å². The molecule has 182 valence electrons. The maximum absolute atomic E-state index is 12.4. The normalized spacial score (nSPS) is 15.1. The maximum atomic E-state index is 12.4. The number of halogens is 1. The Bertz CT molecular complexity index is 1230. The second-order valence-electron chi connectivity index (χ2n) is 8.60. The van der Waals surface area contributed by atoms with E-state index in [1.54, 1.807) is 35.6 Å². The molecule has 1 saturated heterocycles. The van der Waals surface area contributed by atoms with E-state index in [0.717, 1.165) is 64.2 Å². The van der Waals surface area contributed by atoms with Crippen LogP contribution in [0.3, 0.4) is 0 Å². The fraction of sp³-hybridized carbons (Fsp3) is 0.417. The van der Waals surface area contributed by atoms with Gasteiger partial charge < -0.3 is 10.2 Å². The molecule has 2 heterocycles. The first kappa shape index (κ1) is 24.9. The second-order valence-corrected chi connectivity index (χ2v) is 12.1. The molecule has 1 amide bonds. The number of nitrogens with zero attached hydrogens (tertiary/aromatic N) is 3. The zero-order chi connectivity index (χ0) is 24.3. The Labute approximate surface area is 209 Å². The van der Waals surface area contributed by atoms with Crippen LogP contribution in [-0.4, -0.2) is 69.2 Å². The number of piperazine rings is 1. The Hall–Kier alpha value is -2.20. The number of sulfone groups is 1. The van der Waals surface area contributed by atoms with Crippen LogP contribution in [0.15, 0.2) is 41.3 Å². The number of carbonyl (C=O) groups is 1. The number of benzene rings is 2. The smallest absolute Gasteiger partial charge is 0.221 e. The Morgan fingerprint density at radius 3 is 2.47 bits per heavy atom. The molecule has 1 aliphatic heterocycles. The SMILES string of the molecule is Cc1ccc(S(=O)(=O)CCC(=O)NCCN2CCN(c3nc4c(C)ccc(Cl)c4s3)CC2)cc1. The summed E-state index contributed by atoms with van der Waals surface area (Å²) >= 11 is 7.98. The molecule has 0 atom stereocenters. The van der Waals surface area contributed by atoms with Crippen molar-refractivity contribution in [2.75, 3.05) is 49.9 Å². The third kappa shape index (κ3) is 5.89. The molecule has 1 N–H and O–H groups in total. The monoisotopic (exact) mass is 520 g/mol. The van der Waals surface area contributed by atoms with E-state index in [9.17, 15) is 13.2 Å². The van der Waals surface area contributed by atoms with E-state index in [0.29, 0.717) is 6.54 Å². The van der Waals surface area contributed by atoms with Crippen LogP contribution in [0, 0.1) is 13.8 Å². The van der Waals surface area contributed by atoms with Crippen molar-refractivity contribution < 1.29 is 13.2 Å². The third-order valence-electron chi connectivity index (χ3n) is 6.06. The molecule has 0 saturated carbocycles. The summed E-state index contributed by atoms with van der Waals surface area (Å²) in [6, 6.07) is 10.6. The number of nitrogens with one attached hydrogen (secondary N) is 1. The highest BCUT2D eigenvalue weighted by atomic mass is 35.5. The number of carbonyl (C=O) groups excluding carboxylic acids is 1. The highest BCUT2D eigenvalue weighted by Crippen LogP contribution is 2.35. The quantitative estimate of drug-likeness (QED) is 0.488. The molecule has 1 aliphatic rings. The summed E-state index contributed by atoms with van der Waals surface area (Å²) in [6.45, 7) is 8.65. The van der Waals surface area contributed by atoms with Gasteiger partial charge in [-0.05, 0) is 37.6 Å². The van der Waals surface area contributed by atoms with Gasteiger partial charge in [-0.25, -0.2) is 13.4 Å². The van der Waals surface area contributed by atoms with Crippen molar-refractivity contribution in [3.05, 3.63) is 52.5 Å². The third-order valence-corrected chi connectivity index (χ3v) is 9.37. The Balaban J connectivity index is 1.19. The molecule has 7 nitrogen and oxygen atoms in total. The van der Waals surface area contributed by atoms with Gasteiger partial charge in [0.1, 0.15) is 0 Å². The number of fused-ring (bicyclic) bond motifs is 1. The minimum absolute atomic E-state index is 0.0381. The van der Waals surface area contributed by atoms with Gasteiger partial charge >= 0.3 is 0 Å². The van der Waals surface area contributed by atoms with Crippen molar-refractivity contribution in [2.45, 2.75) is 25.2 Å². The minimum Gasteiger partial charge on any atom is -0.355 e. The van der Waals surface area contributed by atoms with Crippen LogP contribution in [0.4, 0.5) is 5.13 Å². The number of anilines is 1. The summed E-state index contributed by atoms with van der Waals surface area (Å²) in [5.41, 5.74) is 3.10. The van der Waals surface area contributed by atoms with E-state index in [-0.39, 0.29) is 23.0 Å². The van der Waals surface area contributed by atoms with Crippen LogP contribution < -0.4 is 10.2 Å². The molecule has 0 bridgehead atoms. The van der Waals surface area contributed by atoms with Crippen LogP contribution in [0.25, 0.3) is 10.2 Å². The number of rotatable bonds is 8. The average Bonchev–Trinajstić information content (AvgIpc) is 3.28. The lowest BCUT2D eigenvalue weighted by Crippen LogP contribution is -2.48. The van der Waals surface area contributed by atoms with Gasteiger partial charge in [-0.2, -0.15) is 0 Å². The molecule has 0 spiro atoms. The molecule has 10 heteroatoms. The predicted octanol–water partition coefficient (Wildman–Crippen LogP) is 3.67. The molecule has 3 aromatic rings. The van der Waals surface area contributed by atoms with E-state index >= 15 is 0 Å². The standard InChI is InChI=1S/C24H29ClN4O3S2/c1-17-3-6-19(7-4-17)34(31,32)16-9-21(30)26-10-11-28-12-14-29(15-13-28)24-27-22-18(2)5-8-20(25)23(22)33-24/h3-8H,9-16H2,1-2H3,(H,26,30). The van der Waals surface area contributed by atoms with Crippen molar-refractivity contribution in [1.29, 1.82) is 0 Å². The van der Waals surface area contributed by atoms with Gasteiger partial charge in [0, 0.05) is 45.7 Å². The molecular weight excluding hydrogens is 492 g/mol. The van der Waals surface area contributed by atoms with Crippen molar-refractivity contribution in [2.24, 2.45) is 0 Å². The van der Waals surface area contributed by atoms with Crippen LogP contribution in [0.1, 0.15) is 17.5 Å². The number of hydrogen-bond donors (Lipinski definition) is 1. The molecule has 1 fully saturated rings. The average molecular weight is 521 g/mol. The number of amides is 1. The molecular formula is C24H29ClN4O3S2.